The van der Waals surface area contributed by atoms with E-state index >= 15 is 0 Å². The van der Waals surface area contributed by atoms with Crippen LogP contribution in [0.4, 0.5) is 0 Å². The first-order valence-electron chi connectivity index (χ1n) is 6.54. The summed E-state index contributed by atoms with van der Waals surface area (Å²) in [6, 6.07) is 13.2. The summed E-state index contributed by atoms with van der Waals surface area (Å²) in [4.78, 5) is 11.8. The van der Waals surface area contributed by atoms with E-state index in [-0.39, 0.29) is 5.75 Å². The van der Waals surface area contributed by atoms with E-state index in [0.29, 0.717) is 16.9 Å². The Morgan fingerprint density at radius 2 is 2.00 bits per heavy atom. The van der Waals surface area contributed by atoms with Crippen molar-refractivity contribution in [3.8, 4) is 11.5 Å². The number of aromatic hydroxyl groups is 1. The number of carbonyl (C=O) groups is 1. The Kier molecular flexibility index (Phi) is 5.11. The van der Waals surface area contributed by atoms with Crippen LogP contribution in [0.5, 0.6) is 11.5 Å². The summed E-state index contributed by atoms with van der Waals surface area (Å²) in [5.41, 5.74) is 3.38. The standard InChI is InChI=1S/C16H16N2O4/c1-22-14-9-11(7-8-13(14)19)10-17-18-16(21)15(20)12-5-3-2-4-6-12/h2-10,15,19-20H,1H3,(H,18,21)/b17-10-/t15-/m0/s1. The van der Waals surface area contributed by atoms with Crippen molar-refractivity contribution in [3.05, 3.63) is 59.7 Å². The third kappa shape index (κ3) is 3.83. The van der Waals surface area contributed by atoms with Gasteiger partial charge in [0.1, 0.15) is 0 Å². The Balaban J connectivity index is 1.99. The molecule has 6 nitrogen and oxygen atoms in total. The zero-order chi connectivity index (χ0) is 15.9. The lowest BCUT2D eigenvalue weighted by Crippen LogP contribution is -2.25. The van der Waals surface area contributed by atoms with Crippen LogP contribution in [-0.2, 0) is 4.79 Å². The fourth-order valence-electron chi connectivity index (χ4n) is 1.79. The van der Waals surface area contributed by atoms with Crippen LogP contribution >= 0.6 is 0 Å². The van der Waals surface area contributed by atoms with Crippen molar-refractivity contribution in [1.82, 2.24) is 5.43 Å². The molecule has 0 aromatic heterocycles. The van der Waals surface area contributed by atoms with Gasteiger partial charge in [-0.15, -0.1) is 0 Å². The van der Waals surface area contributed by atoms with Gasteiger partial charge in [0.15, 0.2) is 17.6 Å². The Hall–Kier alpha value is -2.86. The number of nitrogens with one attached hydrogen (secondary N) is 1. The first kappa shape index (κ1) is 15.5. The van der Waals surface area contributed by atoms with Gasteiger partial charge in [-0.25, -0.2) is 5.43 Å². The third-order valence-electron chi connectivity index (χ3n) is 2.96. The molecular weight excluding hydrogens is 284 g/mol. The van der Waals surface area contributed by atoms with Crippen molar-refractivity contribution in [2.75, 3.05) is 7.11 Å². The number of phenols is 1. The molecule has 0 aliphatic carbocycles. The molecule has 2 aromatic rings. The third-order valence-corrected chi connectivity index (χ3v) is 2.96. The minimum atomic E-state index is -1.28. The van der Waals surface area contributed by atoms with Crippen molar-refractivity contribution >= 4 is 12.1 Å². The van der Waals surface area contributed by atoms with Gasteiger partial charge in [0.05, 0.1) is 13.3 Å². The second-order valence-corrected chi connectivity index (χ2v) is 4.48. The SMILES string of the molecule is COc1cc(/C=N\NC(=O)[C@@H](O)c2ccccc2)ccc1O. The highest BCUT2D eigenvalue weighted by Gasteiger charge is 2.15. The number of aliphatic hydroxyl groups is 1. The molecule has 2 aromatic carbocycles. The molecule has 0 radical (unpaired) electrons. The second kappa shape index (κ2) is 7.24. The van der Waals surface area contributed by atoms with E-state index in [1.54, 1.807) is 42.5 Å². The van der Waals surface area contributed by atoms with Gasteiger partial charge >= 0.3 is 0 Å². The van der Waals surface area contributed by atoms with Gasteiger partial charge < -0.3 is 14.9 Å². The highest BCUT2D eigenvalue weighted by molar-refractivity contribution is 5.85. The van der Waals surface area contributed by atoms with Crippen molar-refractivity contribution < 1.29 is 19.7 Å². The molecular formula is C16H16N2O4. The van der Waals surface area contributed by atoms with Crippen molar-refractivity contribution in [3.63, 3.8) is 0 Å². The molecule has 1 amide bonds. The van der Waals surface area contributed by atoms with Crippen molar-refractivity contribution in [1.29, 1.82) is 0 Å². The monoisotopic (exact) mass is 300 g/mol. The van der Waals surface area contributed by atoms with Crippen LogP contribution < -0.4 is 10.2 Å². The predicted octanol–water partition coefficient (Wildman–Crippen LogP) is 1.58. The fourth-order valence-corrected chi connectivity index (χ4v) is 1.79. The van der Waals surface area contributed by atoms with Crippen LogP contribution in [0.25, 0.3) is 0 Å². The first-order chi connectivity index (χ1) is 10.6. The van der Waals surface area contributed by atoms with E-state index in [4.69, 9.17) is 4.74 Å². The van der Waals surface area contributed by atoms with Gasteiger partial charge in [-0.3, -0.25) is 4.79 Å². The molecule has 0 aliphatic rings. The molecule has 0 aliphatic heterocycles. The summed E-state index contributed by atoms with van der Waals surface area (Å²) < 4.78 is 4.97. The number of nitrogens with zero attached hydrogens (tertiary/aromatic N) is 1. The molecule has 0 spiro atoms. The second-order valence-electron chi connectivity index (χ2n) is 4.48. The molecule has 0 heterocycles. The Labute approximate surface area is 127 Å². The summed E-state index contributed by atoms with van der Waals surface area (Å²) >= 11 is 0. The molecule has 0 saturated carbocycles. The Bertz CT molecular complexity index is 671. The minimum Gasteiger partial charge on any atom is -0.504 e. The molecule has 6 heteroatoms. The number of benzene rings is 2. The highest BCUT2D eigenvalue weighted by atomic mass is 16.5. The molecule has 114 valence electrons. The van der Waals surface area contributed by atoms with Crippen LogP contribution in [0.2, 0.25) is 0 Å². The van der Waals surface area contributed by atoms with Gasteiger partial charge in [-0.1, -0.05) is 30.3 Å². The quantitative estimate of drug-likeness (QED) is 0.577. The summed E-state index contributed by atoms with van der Waals surface area (Å²) in [5, 5.41) is 23.1. The van der Waals surface area contributed by atoms with Crippen molar-refractivity contribution in [2.45, 2.75) is 6.10 Å². The molecule has 0 unspecified atom stereocenters. The van der Waals surface area contributed by atoms with Gasteiger partial charge in [-0.2, -0.15) is 5.10 Å². The topological polar surface area (TPSA) is 91.2 Å². The van der Waals surface area contributed by atoms with E-state index in [2.05, 4.69) is 10.5 Å². The lowest BCUT2D eigenvalue weighted by molar-refractivity contribution is -0.129. The fraction of sp³-hybridized carbons (Fsp3) is 0.125. The maximum atomic E-state index is 11.8. The average molecular weight is 300 g/mol. The van der Waals surface area contributed by atoms with Crippen LogP contribution in [0.15, 0.2) is 53.6 Å². The number of amides is 1. The van der Waals surface area contributed by atoms with E-state index in [1.165, 1.54) is 19.4 Å². The molecule has 0 saturated heterocycles. The zero-order valence-corrected chi connectivity index (χ0v) is 11.9. The average Bonchev–Trinajstić information content (AvgIpc) is 2.56. The smallest absolute Gasteiger partial charge is 0.273 e. The Morgan fingerprint density at radius 1 is 1.27 bits per heavy atom. The number of hydrazone groups is 1. The number of aliphatic hydroxyl groups excluding tert-OH is 1. The van der Waals surface area contributed by atoms with E-state index in [0.717, 1.165) is 0 Å². The van der Waals surface area contributed by atoms with E-state index in [9.17, 15) is 15.0 Å². The number of ether oxygens (including phenoxy) is 1. The van der Waals surface area contributed by atoms with Gasteiger partial charge in [0, 0.05) is 0 Å². The minimum absolute atomic E-state index is 0.0168. The summed E-state index contributed by atoms with van der Waals surface area (Å²) in [6.45, 7) is 0. The summed E-state index contributed by atoms with van der Waals surface area (Å²) in [6.07, 6.45) is 0.102. The van der Waals surface area contributed by atoms with Crippen LogP contribution in [-0.4, -0.2) is 29.4 Å². The largest absolute Gasteiger partial charge is 0.504 e. The number of hydrogen-bond donors (Lipinski definition) is 3. The van der Waals surface area contributed by atoms with Crippen LogP contribution in [0.1, 0.15) is 17.2 Å². The normalized spacial score (nSPS) is 12.1. The molecule has 22 heavy (non-hydrogen) atoms. The number of rotatable bonds is 5. The number of carbonyl (C=O) groups excluding carboxylic acids is 1. The van der Waals surface area contributed by atoms with Gasteiger partial charge in [-0.05, 0) is 29.3 Å². The lowest BCUT2D eigenvalue weighted by atomic mass is 10.1. The van der Waals surface area contributed by atoms with Gasteiger partial charge in [0.25, 0.3) is 5.91 Å². The van der Waals surface area contributed by atoms with E-state index in [1.807, 2.05) is 0 Å². The molecule has 2 rings (SSSR count). The molecule has 0 fully saturated rings. The molecule has 0 bridgehead atoms. The zero-order valence-electron chi connectivity index (χ0n) is 11.9. The van der Waals surface area contributed by atoms with Crippen molar-refractivity contribution in [2.24, 2.45) is 5.10 Å². The predicted molar refractivity (Wildman–Crippen MR) is 81.8 cm³/mol. The number of methoxy groups -OCH3 is 1. The first-order valence-corrected chi connectivity index (χ1v) is 6.54. The summed E-state index contributed by atoms with van der Waals surface area (Å²) in [5.74, 6) is -0.309. The number of phenolic OH excluding ortho intramolecular Hbond substituents is 1. The maximum absolute atomic E-state index is 11.8. The molecule has 3 N–H and O–H groups in total. The summed E-state index contributed by atoms with van der Waals surface area (Å²) in [7, 11) is 1.44. The van der Waals surface area contributed by atoms with E-state index < -0.39 is 12.0 Å². The Morgan fingerprint density at radius 3 is 2.68 bits per heavy atom. The lowest BCUT2D eigenvalue weighted by Gasteiger charge is -2.08. The number of hydrogen-bond acceptors (Lipinski definition) is 5. The van der Waals surface area contributed by atoms with Crippen LogP contribution in [0, 0.1) is 0 Å². The van der Waals surface area contributed by atoms with Crippen LogP contribution in [0.3, 0.4) is 0 Å². The maximum Gasteiger partial charge on any atom is 0.273 e. The van der Waals surface area contributed by atoms with Gasteiger partial charge in [0.2, 0.25) is 0 Å². The molecule has 1 atom stereocenters. The highest BCUT2D eigenvalue weighted by Crippen LogP contribution is 2.25.